The van der Waals surface area contributed by atoms with Gasteiger partial charge in [-0.25, -0.2) is 9.97 Å². The van der Waals surface area contributed by atoms with Crippen LogP contribution in [0.15, 0.2) is 162 Å². The maximum atomic E-state index is 6.37. The second-order valence-electron chi connectivity index (χ2n) is 10.7. The van der Waals surface area contributed by atoms with Gasteiger partial charge in [0.15, 0.2) is 0 Å². The van der Waals surface area contributed by atoms with Crippen molar-refractivity contribution in [3.63, 3.8) is 0 Å². The Morgan fingerprint density at radius 2 is 1.02 bits per heavy atom. The van der Waals surface area contributed by atoms with Gasteiger partial charge in [0, 0.05) is 34.0 Å². The third kappa shape index (κ3) is 4.99. The van der Waals surface area contributed by atoms with E-state index in [0.29, 0.717) is 11.8 Å². The lowest BCUT2D eigenvalue weighted by atomic mass is 10.0. The van der Waals surface area contributed by atoms with E-state index in [0.717, 1.165) is 66.7 Å². The first-order valence-corrected chi connectivity index (χ1v) is 14.6. The summed E-state index contributed by atoms with van der Waals surface area (Å²) in [5.74, 6) is 0.942. The predicted molar refractivity (Wildman–Crippen MR) is 178 cm³/mol. The maximum absolute atomic E-state index is 6.37. The molecule has 0 fully saturated rings. The summed E-state index contributed by atoms with van der Waals surface area (Å²) in [4.78, 5) is 9.76. The number of hydrogen-bond acceptors (Lipinski definition) is 4. The molecule has 44 heavy (non-hydrogen) atoms. The Balaban J connectivity index is 1.17. The summed E-state index contributed by atoms with van der Waals surface area (Å²) in [6, 6.07) is 53.2. The van der Waals surface area contributed by atoms with E-state index in [4.69, 9.17) is 19.1 Å². The van der Waals surface area contributed by atoms with Crippen molar-refractivity contribution in [2.24, 2.45) is 0 Å². The zero-order valence-corrected chi connectivity index (χ0v) is 23.7. The van der Waals surface area contributed by atoms with Crippen LogP contribution in [0.2, 0.25) is 0 Å². The molecule has 0 aliphatic heterocycles. The average Bonchev–Trinajstić information content (AvgIpc) is 3.47. The van der Waals surface area contributed by atoms with Crippen LogP contribution in [0.25, 0.3) is 66.7 Å². The molecule has 0 radical (unpaired) electrons. The molecule has 0 unspecified atom stereocenters. The molecule has 0 aliphatic carbocycles. The van der Waals surface area contributed by atoms with Crippen LogP contribution in [0.3, 0.4) is 0 Å². The lowest BCUT2D eigenvalue weighted by Gasteiger charge is -2.11. The van der Waals surface area contributed by atoms with E-state index >= 15 is 0 Å². The minimum atomic E-state index is 0.466. The molecule has 208 valence electrons. The highest BCUT2D eigenvalue weighted by atomic mass is 16.5. The van der Waals surface area contributed by atoms with E-state index in [1.54, 1.807) is 0 Å². The summed E-state index contributed by atoms with van der Waals surface area (Å²) in [6.45, 7) is 0. The Hall–Kier alpha value is -6.00. The van der Waals surface area contributed by atoms with Crippen LogP contribution in [0.5, 0.6) is 11.8 Å². The number of aromatic nitrogens is 2. The molecule has 0 spiro atoms. The zero-order valence-electron chi connectivity index (χ0n) is 23.7. The Bertz CT molecular complexity index is 2260. The molecule has 0 atom stereocenters. The van der Waals surface area contributed by atoms with Crippen molar-refractivity contribution >= 4 is 21.9 Å². The molecular weight excluding hydrogens is 540 g/mol. The summed E-state index contributed by atoms with van der Waals surface area (Å²) in [6.07, 6.45) is 0. The Labute approximate surface area is 254 Å². The molecule has 0 bridgehead atoms. The molecule has 5 aromatic carbocycles. The molecule has 4 nitrogen and oxygen atoms in total. The molecule has 8 aromatic rings. The molecule has 3 aromatic heterocycles. The summed E-state index contributed by atoms with van der Waals surface area (Å²) >= 11 is 0. The second-order valence-corrected chi connectivity index (χ2v) is 10.7. The number of pyridine rings is 2. The number of para-hydroxylation sites is 1. The van der Waals surface area contributed by atoms with Crippen molar-refractivity contribution in [3.8, 4) is 56.5 Å². The number of benzene rings is 5. The van der Waals surface area contributed by atoms with Gasteiger partial charge in [0.05, 0.1) is 11.4 Å². The first kappa shape index (κ1) is 25.7. The third-order valence-electron chi connectivity index (χ3n) is 7.78. The summed E-state index contributed by atoms with van der Waals surface area (Å²) in [5, 5.41) is 2.20. The van der Waals surface area contributed by atoms with E-state index in [2.05, 4.69) is 78.9 Å². The standard InChI is InChI=1S/C40H26N2O2/c1-3-11-27(12-4-1)29-15-9-16-31(23-29)35-18-10-20-39(41-35)44-40-26-32(24-36(42-40)28-13-5-2-6-14-28)30-21-22-34-33-17-7-8-19-37(33)43-38(34)25-30/h1-26H. The van der Waals surface area contributed by atoms with E-state index < -0.39 is 0 Å². The molecule has 8 rings (SSSR count). The van der Waals surface area contributed by atoms with Crippen LogP contribution < -0.4 is 4.74 Å². The molecule has 0 N–H and O–H groups in total. The second kappa shape index (κ2) is 11.0. The van der Waals surface area contributed by atoms with Gasteiger partial charge in [-0.2, -0.15) is 0 Å². The Morgan fingerprint density at radius 1 is 0.364 bits per heavy atom. The van der Waals surface area contributed by atoms with E-state index in [1.165, 1.54) is 0 Å². The number of rotatable bonds is 6. The number of furan rings is 1. The zero-order chi connectivity index (χ0) is 29.3. The van der Waals surface area contributed by atoms with Crippen molar-refractivity contribution in [2.45, 2.75) is 0 Å². The fourth-order valence-corrected chi connectivity index (χ4v) is 5.61. The van der Waals surface area contributed by atoms with Crippen molar-refractivity contribution in [1.29, 1.82) is 0 Å². The Morgan fingerprint density at radius 3 is 1.89 bits per heavy atom. The van der Waals surface area contributed by atoms with Crippen molar-refractivity contribution < 1.29 is 9.15 Å². The number of nitrogens with zero attached hydrogens (tertiary/aromatic N) is 2. The first-order chi connectivity index (χ1) is 21.8. The lowest BCUT2D eigenvalue weighted by molar-refractivity contribution is 0.446. The highest BCUT2D eigenvalue weighted by Gasteiger charge is 2.13. The van der Waals surface area contributed by atoms with Crippen LogP contribution in [-0.4, -0.2) is 9.97 Å². The lowest BCUT2D eigenvalue weighted by Crippen LogP contribution is -1.95. The molecule has 0 saturated carbocycles. The van der Waals surface area contributed by atoms with E-state index in [-0.39, 0.29) is 0 Å². The first-order valence-electron chi connectivity index (χ1n) is 14.6. The number of hydrogen-bond donors (Lipinski definition) is 0. The Kier molecular flexibility index (Phi) is 6.43. The number of fused-ring (bicyclic) bond motifs is 3. The van der Waals surface area contributed by atoms with Crippen LogP contribution >= 0.6 is 0 Å². The fourth-order valence-electron chi connectivity index (χ4n) is 5.61. The van der Waals surface area contributed by atoms with Gasteiger partial charge in [0.2, 0.25) is 11.8 Å². The molecular formula is C40H26N2O2. The normalized spacial score (nSPS) is 11.2. The topological polar surface area (TPSA) is 48.2 Å². The van der Waals surface area contributed by atoms with Gasteiger partial charge in [0.25, 0.3) is 0 Å². The van der Waals surface area contributed by atoms with Gasteiger partial charge in [-0.15, -0.1) is 0 Å². The SMILES string of the molecule is c1ccc(-c2cccc(-c3cccc(Oc4cc(-c5ccc6c(c5)oc5ccccc56)cc(-c5ccccc5)n4)n3)c2)cc1. The van der Waals surface area contributed by atoms with Gasteiger partial charge in [0.1, 0.15) is 11.2 Å². The van der Waals surface area contributed by atoms with Gasteiger partial charge < -0.3 is 9.15 Å². The summed E-state index contributed by atoms with van der Waals surface area (Å²) in [7, 11) is 0. The molecule has 0 amide bonds. The van der Waals surface area contributed by atoms with Crippen LogP contribution in [0.4, 0.5) is 0 Å². The fraction of sp³-hybridized carbons (Fsp3) is 0. The average molecular weight is 567 g/mol. The van der Waals surface area contributed by atoms with E-state index in [1.807, 2.05) is 78.9 Å². The van der Waals surface area contributed by atoms with Crippen molar-refractivity contribution in [1.82, 2.24) is 9.97 Å². The molecule has 0 aliphatic rings. The minimum absolute atomic E-state index is 0.466. The largest absolute Gasteiger partial charge is 0.456 e. The molecule has 3 heterocycles. The molecule has 0 saturated heterocycles. The van der Waals surface area contributed by atoms with Gasteiger partial charge in [-0.05, 0) is 58.7 Å². The maximum Gasteiger partial charge on any atom is 0.222 e. The molecule has 4 heteroatoms. The van der Waals surface area contributed by atoms with Crippen LogP contribution in [0.1, 0.15) is 0 Å². The highest BCUT2D eigenvalue weighted by molar-refractivity contribution is 6.05. The van der Waals surface area contributed by atoms with Gasteiger partial charge in [-0.1, -0.05) is 109 Å². The predicted octanol–water partition coefficient (Wildman–Crippen LogP) is 10.8. The van der Waals surface area contributed by atoms with Crippen LogP contribution in [-0.2, 0) is 0 Å². The quantitative estimate of drug-likeness (QED) is 0.201. The smallest absolute Gasteiger partial charge is 0.222 e. The van der Waals surface area contributed by atoms with Gasteiger partial charge in [-0.3, -0.25) is 0 Å². The van der Waals surface area contributed by atoms with Crippen molar-refractivity contribution in [3.05, 3.63) is 158 Å². The summed E-state index contributed by atoms with van der Waals surface area (Å²) < 4.78 is 12.6. The monoisotopic (exact) mass is 566 g/mol. The minimum Gasteiger partial charge on any atom is -0.456 e. The highest BCUT2D eigenvalue weighted by Crippen LogP contribution is 2.35. The van der Waals surface area contributed by atoms with Crippen LogP contribution in [0, 0.1) is 0 Å². The number of ether oxygens (including phenoxy) is 1. The summed E-state index contributed by atoms with van der Waals surface area (Å²) in [5.41, 5.74) is 9.68. The van der Waals surface area contributed by atoms with E-state index in [9.17, 15) is 0 Å². The van der Waals surface area contributed by atoms with Gasteiger partial charge >= 0.3 is 0 Å². The third-order valence-corrected chi connectivity index (χ3v) is 7.78. The van der Waals surface area contributed by atoms with Crippen molar-refractivity contribution in [2.75, 3.05) is 0 Å².